The summed E-state index contributed by atoms with van der Waals surface area (Å²) in [5, 5.41) is 0. The van der Waals surface area contributed by atoms with Crippen LogP contribution in [-0.4, -0.2) is 8.11 Å². The van der Waals surface area contributed by atoms with Gasteiger partial charge < -0.3 is 0 Å². The first-order chi connectivity index (χ1) is 3.13. The van der Waals surface area contributed by atoms with E-state index in [-0.39, 0.29) is 0 Å². The van der Waals surface area contributed by atoms with E-state index in [9.17, 15) is 0 Å². The van der Waals surface area contributed by atoms with Gasteiger partial charge in [0.25, 0.3) is 0 Å². The zero-order chi connectivity index (χ0) is 5.86. The Hall–Kier alpha value is 0.507. The van der Waals surface area contributed by atoms with Crippen molar-refractivity contribution in [1.29, 1.82) is 0 Å². The highest BCUT2D eigenvalue weighted by Crippen LogP contribution is 2.06. The summed E-state index contributed by atoms with van der Waals surface area (Å²) in [6.07, 6.45) is 0. The molecule has 0 unspecified atom stereocenters. The van der Waals surface area contributed by atoms with E-state index >= 15 is 0 Å². The van der Waals surface area contributed by atoms with Crippen LogP contribution in [0.25, 0.3) is 0 Å². The summed E-state index contributed by atoms with van der Waals surface area (Å²) in [5.41, 5.74) is 0. The maximum atomic E-state index is 5.77. The summed E-state index contributed by atoms with van der Waals surface area (Å²) in [6, 6.07) is 1.23. The molecule has 0 N–H and O–H groups in total. The van der Waals surface area contributed by atoms with E-state index in [4.69, 9.17) is 11.1 Å². The lowest BCUT2D eigenvalue weighted by Gasteiger charge is -2.01. The van der Waals surface area contributed by atoms with Crippen LogP contribution in [0.1, 0.15) is 13.8 Å². The van der Waals surface area contributed by atoms with E-state index in [0.29, 0.717) is 0 Å². The third-order valence-corrected chi connectivity index (χ3v) is 2.53. The zero-order valence-electron chi connectivity index (χ0n) is 5.16. The number of rotatable bonds is 2. The molecule has 0 aromatic heterocycles. The van der Waals surface area contributed by atoms with Crippen molar-refractivity contribution in [3.8, 4) is 0 Å². The van der Waals surface area contributed by atoms with E-state index < -0.39 is 8.11 Å². The second kappa shape index (κ2) is 3.50. The summed E-state index contributed by atoms with van der Waals surface area (Å²) in [6.45, 7) is 6.54. The molecule has 0 nitrogen and oxygen atoms in total. The van der Waals surface area contributed by atoms with Crippen LogP contribution in [0.2, 0.25) is 12.6 Å². The molecule has 2 heteroatoms. The molecule has 0 aliphatic rings. The Morgan fingerprint density at radius 1 is 1.57 bits per heavy atom. The fourth-order valence-corrected chi connectivity index (χ4v) is 2.61. The fourth-order valence-electron chi connectivity index (χ4n) is 0.563. The lowest BCUT2D eigenvalue weighted by atomic mass is 10.3. The van der Waals surface area contributed by atoms with Gasteiger partial charge >= 0.3 is 0 Å². The van der Waals surface area contributed by atoms with Gasteiger partial charge in [0.2, 0.25) is 0 Å². The second-order valence-electron chi connectivity index (χ2n) is 2.27. The second-order valence-corrected chi connectivity index (χ2v) is 5.97. The molecule has 1 radical (unpaired) electrons. The topological polar surface area (TPSA) is 0 Å². The van der Waals surface area contributed by atoms with Gasteiger partial charge in [-0.25, -0.2) is 0 Å². The van der Waals surface area contributed by atoms with Gasteiger partial charge in [-0.2, -0.15) is 11.1 Å². The molecule has 43 valence electrons. The van der Waals surface area contributed by atoms with Crippen molar-refractivity contribution >= 4 is 19.2 Å². The highest BCUT2D eigenvalue weighted by Gasteiger charge is 2.00. The van der Waals surface area contributed by atoms with Crippen LogP contribution < -0.4 is 0 Å². The van der Waals surface area contributed by atoms with Crippen LogP contribution in [-0.2, 0) is 0 Å². The Morgan fingerprint density at radius 3 is 2.00 bits per heavy atom. The minimum absolute atomic E-state index is 0.462. The third kappa shape index (κ3) is 6.51. The number of hydrogen-bond donors (Lipinski definition) is 0. The van der Waals surface area contributed by atoms with Crippen LogP contribution in [0.5, 0.6) is 0 Å². The number of hydrogen-bond acceptors (Lipinski definition) is 0. The van der Waals surface area contributed by atoms with Crippen molar-refractivity contribution in [2.45, 2.75) is 26.4 Å². The van der Waals surface area contributed by atoms with Gasteiger partial charge in [0.1, 0.15) is 0 Å². The summed E-state index contributed by atoms with van der Waals surface area (Å²) in [5.74, 6) is 0.788. The van der Waals surface area contributed by atoms with Gasteiger partial charge in [-0.3, -0.25) is 0 Å². The van der Waals surface area contributed by atoms with E-state index in [2.05, 4.69) is 20.4 Å². The molecule has 0 saturated heterocycles. The molecule has 0 atom stereocenters. The van der Waals surface area contributed by atoms with Gasteiger partial charge in [-0.05, 0) is 12.0 Å². The van der Waals surface area contributed by atoms with Crippen LogP contribution in [0, 0.1) is 5.92 Å². The highest BCUT2D eigenvalue weighted by molar-refractivity contribution is 7.06. The van der Waals surface area contributed by atoms with Crippen molar-refractivity contribution in [3.05, 3.63) is 0 Å². The molecule has 0 aromatic carbocycles. The Balaban J connectivity index is 2.95. The largest absolute Gasteiger partial charge is 0.169 e. The predicted octanol–water partition coefficient (Wildman–Crippen LogP) is 2.50. The highest BCUT2D eigenvalue weighted by atomic mass is 35.6. The predicted molar refractivity (Wildman–Crippen MR) is 37.1 cm³/mol. The van der Waals surface area contributed by atoms with Crippen molar-refractivity contribution in [2.75, 3.05) is 0 Å². The molecular weight excluding hydrogens is 124 g/mol. The Labute approximate surface area is 52.2 Å². The van der Waals surface area contributed by atoms with E-state index in [1.807, 2.05) is 0 Å². The maximum absolute atomic E-state index is 5.77. The Kier molecular flexibility index (Phi) is 3.76. The lowest BCUT2D eigenvalue weighted by molar-refractivity contribution is 0.730. The van der Waals surface area contributed by atoms with Crippen molar-refractivity contribution in [2.24, 2.45) is 5.92 Å². The maximum Gasteiger partial charge on any atom is 0.162 e. The average molecular weight is 136 g/mol. The molecule has 0 heterocycles. The Morgan fingerprint density at radius 2 is 2.00 bits per heavy atom. The first-order valence-electron chi connectivity index (χ1n) is 2.61. The normalized spacial score (nSPS) is 11.1. The molecule has 0 bridgehead atoms. The number of halogens is 1. The van der Waals surface area contributed by atoms with Gasteiger partial charge in [0.15, 0.2) is 8.11 Å². The van der Waals surface area contributed by atoms with Gasteiger partial charge in [0.05, 0.1) is 0 Å². The minimum Gasteiger partial charge on any atom is -0.169 e. The molecule has 0 amide bonds. The SMILES string of the molecule is CC(C)C[Si](C)Cl. The van der Waals surface area contributed by atoms with Gasteiger partial charge in [0, 0.05) is 0 Å². The molecule has 0 aromatic rings. The average Bonchev–Trinajstić information content (AvgIpc) is 1.27. The summed E-state index contributed by atoms with van der Waals surface area (Å²) in [7, 11) is -0.462. The van der Waals surface area contributed by atoms with E-state index in [1.54, 1.807) is 0 Å². The lowest BCUT2D eigenvalue weighted by Crippen LogP contribution is -1.99. The standard InChI is InChI=1S/C5H12ClSi/c1-5(2)4-7(3)6/h5H,4H2,1-3H3. The summed E-state index contributed by atoms with van der Waals surface area (Å²) < 4.78 is 0. The molecule has 0 aliphatic carbocycles. The molecule has 7 heavy (non-hydrogen) atoms. The van der Waals surface area contributed by atoms with Crippen LogP contribution in [0.4, 0.5) is 0 Å². The van der Waals surface area contributed by atoms with Crippen LogP contribution >= 0.6 is 11.1 Å². The monoisotopic (exact) mass is 135 g/mol. The third-order valence-electron chi connectivity index (χ3n) is 0.690. The summed E-state index contributed by atoms with van der Waals surface area (Å²) >= 11 is 5.77. The molecule has 0 aliphatic heterocycles. The zero-order valence-corrected chi connectivity index (χ0v) is 6.92. The fraction of sp³-hybridized carbons (Fsp3) is 1.00. The van der Waals surface area contributed by atoms with Crippen molar-refractivity contribution in [3.63, 3.8) is 0 Å². The Bertz CT molecular complexity index is 37.3. The molecule has 0 fully saturated rings. The first kappa shape index (κ1) is 7.51. The first-order valence-corrected chi connectivity index (χ1v) is 5.82. The molecule has 0 saturated carbocycles. The van der Waals surface area contributed by atoms with Crippen molar-refractivity contribution < 1.29 is 0 Å². The smallest absolute Gasteiger partial charge is 0.162 e. The molecule has 0 rings (SSSR count). The molecular formula is C5H12ClSi. The summed E-state index contributed by atoms with van der Waals surface area (Å²) in [4.78, 5) is 0. The van der Waals surface area contributed by atoms with Crippen LogP contribution in [0.15, 0.2) is 0 Å². The minimum atomic E-state index is -0.462. The van der Waals surface area contributed by atoms with Crippen LogP contribution in [0.3, 0.4) is 0 Å². The van der Waals surface area contributed by atoms with Gasteiger partial charge in [-0.15, -0.1) is 0 Å². The van der Waals surface area contributed by atoms with Crippen molar-refractivity contribution in [1.82, 2.24) is 0 Å². The quantitative estimate of drug-likeness (QED) is 0.403. The van der Waals surface area contributed by atoms with Gasteiger partial charge in [-0.1, -0.05) is 20.4 Å². The van der Waals surface area contributed by atoms with E-state index in [1.165, 1.54) is 6.04 Å². The molecule has 0 spiro atoms. The van der Waals surface area contributed by atoms with E-state index in [0.717, 1.165) is 5.92 Å².